The summed E-state index contributed by atoms with van der Waals surface area (Å²) in [4.78, 5) is 38.0. The molecule has 6 nitrogen and oxygen atoms in total. The minimum atomic E-state index is -0.766. The molecular formula is C54H102O6. The first-order valence-corrected chi connectivity index (χ1v) is 26.7. The van der Waals surface area contributed by atoms with Crippen LogP contribution in [0.1, 0.15) is 297 Å². The van der Waals surface area contributed by atoms with Crippen LogP contribution in [0.25, 0.3) is 0 Å². The Hall–Kier alpha value is -1.85. The quantitative estimate of drug-likeness (QED) is 0.0263. The van der Waals surface area contributed by atoms with Crippen molar-refractivity contribution in [1.29, 1.82) is 0 Å². The first kappa shape index (κ1) is 58.1. The third-order valence-corrected chi connectivity index (χ3v) is 12.0. The van der Waals surface area contributed by atoms with E-state index in [-0.39, 0.29) is 31.1 Å². The van der Waals surface area contributed by atoms with E-state index in [1.54, 1.807) is 0 Å². The van der Waals surface area contributed by atoms with Gasteiger partial charge in [-0.15, -0.1) is 0 Å². The number of carbonyl (C=O) groups excluding carboxylic acids is 3. The summed E-state index contributed by atoms with van der Waals surface area (Å²) >= 11 is 0. The second kappa shape index (κ2) is 49.8. The first-order chi connectivity index (χ1) is 29.5. The Bertz CT molecular complexity index is 931. The highest BCUT2D eigenvalue weighted by Gasteiger charge is 2.19. The van der Waals surface area contributed by atoms with Crippen LogP contribution >= 0.6 is 0 Å². The van der Waals surface area contributed by atoms with Crippen LogP contribution in [0.5, 0.6) is 0 Å². The van der Waals surface area contributed by atoms with Gasteiger partial charge in [0, 0.05) is 19.3 Å². The molecule has 0 aliphatic rings. The molecule has 60 heavy (non-hydrogen) atoms. The number of unbranched alkanes of at least 4 members (excludes halogenated alkanes) is 36. The van der Waals surface area contributed by atoms with E-state index in [2.05, 4.69) is 32.9 Å². The fourth-order valence-electron chi connectivity index (χ4n) is 7.97. The van der Waals surface area contributed by atoms with Crippen LogP contribution in [0, 0.1) is 0 Å². The van der Waals surface area contributed by atoms with Gasteiger partial charge in [-0.1, -0.05) is 245 Å². The predicted molar refractivity (Wildman–Crippen MR) is 256 cm³/mol. The molecule has 0 aromatic carbocycles. The highest BCUT2D eigenvalue weighted by molar-refractivity contribution is 5.71. The van der Waals surface area contributed by atoms with Crippen molar-refractivity contribution >= 4 is 17.9 Å². The molecule has 0 amide bonds. The van der Waals surface area contributed by atoms with Gasteiger partial charge in [-0.05, 0) is 44.9 Å². The maximum absolute atomic E-state index is 12.8. The lowest BCUT2D eigenvalue weighted by Gasteiger charge is -2.18. The summed E-state index contributed by atoms with van der Waals surface area (Å²) in [5.74, 6) is -0.857. The third kappa shape index (κ3) is 47.2. The first-order valence-electron chi connectivity index (χ1n) is 26.7. The molecule has 0 radical (unpaired) electrons. The Morgan fingerprint density at radius 1 is 0.317 bits per heavy atom. The fraction of sp³-hybridized carbons (Fsp3) is 0.907. The number of ether oxygens (including phenoxy) is 3. The van der Waals surface area contributed by atoms with Crippen molar-refractivity contribution in [3.05, 3.63) is 12.2 Å². The Kier molecular flexibility index (Phi) is 48.3. The van der Waals surface area contributed by atoms with Crippen LogP contribution in [-0.2, 0) is 28.6 Å². The van der Waals surface area contributed by atoms with Crippen LogP contribution in [0.3, 0.4) is 0 Å². The number of carbonyl (C=O) groups is 3. The summed E-state index contributed by atoms with van der Waals surface area (Å²) in [5.41, 5.74) is 0. The molecule has 0 rings (SSSR count). The predicted octanol–water partition coefficient (Wildman–Crippen LogP) is 17.4. The Morgan fingerprint density at radius 2 is 0.550 bits per heavy atom. The number of allylic oxidation sites excluding steroid dienone is 2. The summed E-state index contributed by atoms with van der Waals surface area (Å²) in [7, 11) is 0. The summed E-state index contributed by atoms with van der Waals surface area (Å²) in [6.45, 7) is 6.66. The van der Waals surface area contributed by atoms with E-state index in [0.29, 0.717) is 19.3 Å². The van der Waals surface area contributed by atoms with E-state index in [0.717, 1.165) is 64.2 Å². The summed E-state index contributed by atoms with van der Waals surface area (Å²) in [6, 6.07) is 0. The van der Waals surface area contributed by atoms with Gasteiger partial charge in [0.15, 0.2) is 6.10 Å². The van der Waals surface area contributed by atoms with E-state index in [1.807, 2.05) is 0 Å². The fourth-order valence-corrected chi connectivity index (χ4v) is 7.97. The average molecular weight is 847 g/mol. The van der Waals surface area contributed by atoms with Crippen molar-refractivity contribution in [2.45, 2.75) is 303 Å². The van der Waals surface area contributed by atoms with Gasteiger partial charge in [-0.25, -0.2) is 0 Å². The van der Waals surface area contributed by atoms with Gasteiger partial charge < -0.3 is 14.2 Å². The lowest BCUT2D eigenvalue weighted by molar-refractivity contribution is -0.167. The zero-order valence-electron chi connectivity index (χ0n) is 40.5. The molecule has 0 saturated carbocycles. The van der Waals surface area contributed by atoms with Gasteiger partial charge in [0.25, 0.3) is 0 Å². The van der Waals surface area contributed by atoms with Crippen molar-refractivity contribution in [1.82, 2.24) is 0 Å². The largest absolute Gasteiger partial charge is 0.462 e. The van der Waals surface area contributed by atoms with Crippen LogP contribution in [-0.4, -0.2) is 37.2 Å². The van der Waals surface area contributed by atoms with Gasteiger partial charge in [0.05, 0.1) is 0 Å². The molecule has 0 bridgehead atoms. The maximum Gasteiger partial charge on any atom is 0.306 e. The Morgan fingerprint density at radius 3 is 0.833 bits per heavy atom. The molecule has 1 atom stereocenters. The summed E-state index contributed by atoms with van der Waals surface area (Å²) in [5, 5.41) is 0. The lowest BCUT2D eigenvalue weighted by atomic mass is 10.0. The average Bonchev–Trinajstić information content (AvgIpc) is 3.24. The van der Waals surface area contributed by atoms with Gasteiger partial charge in [0.2, 0.25) is 0 Å². The third-order valence-electron chi connectivity index (χ3n) is 12.0. The minimum Gasteiger partial charge on any atom is -0.462 e. The molecule has 0 heterocycles. The highest BCUT2D eigenvalue weighted by atomic mass is 16.6. The van der Waals surface area contributed by atoms with Crippen molar-refractivity contribution in [2.75, 3.05) is 13.2 Å². The molecule has 6 heteroatoms. The molecule has 0 aliphatic heterocycles. The van der Waals surface area contributed by atoms with Crippen LogP contribution < -0.4 is 0 Å². The van der Waals surface area contributed by atoms with Crippen molar-refractivity contribution in [3.8, 4) is 0 Å². The zero-order chi connectivity index (χ0) is 43.7. The standard InChI is InChI=1S/C54H102O6/c1-4-7-10-13-16-19-22-25-28-31-34-37-40-43-46-52(55)58-49-51(60-54(57)48-45-42-39-36-33-30-27-24-21-18-15-12-9-6-3)50-59-53(56)47-44-41-38-35-32-29-26-23-20-17-14-11-8-5-2/h22,25,51H,4-21,23-24,26-50H2,1-3H3/b25-22+/t51-/m0/s1. The molecule has 0 aromatic rings. The van der Waals surface area contributed by atoms with E-state index >= 15 is 0 Å². The van der Waals surface area contributed by atoms with Gasteiger partial charge in [-0.2, -0.15) is 0 Å². The molecule has 0 unspecified atom stereocenters. The number of esters is 3. The smallest absolute Gasteiger partial charge is 0.306 e. The Labute approximate surface area is 373 Å². The van der Waals surface area contributed by atoms with Crippen molar-refractivity contribution < 1.29 is 28.6 Å². The molecule has 354 valence electrons. The molecular weight excluding hydrogens is 745 g/mol. The van der Waals surface area contributed by atoms with E-state index in [9.17, 15) is 14.4 Å². The highest BCUT2D eigenvalue weighted by Crippen LogP contribution is 2.16. The van der Waals surface area contributed by atoms with Crippen LogP contribution in [0.15, 0.2) is 12.2 Å². The molecule has 0 aromatic heterocycles. The van der Waals surface area contributed by atoms with Gasteiger partial charge in [-0.3, -0.25) is 14.4 Å². The molecule has 0 spiro atoms. The topological polar surface area (TPSA) is 78.9 Å². The van der Waals surface area contributed by atoms with E-state index in [4.69, 9.17) is 14.2 Å². The minimum absolute atomic E-state index is 0.0670. The van der Waals surface area contributed by atoms with Crippen LogP contribution in [0.2, 0.25) is 0 Å². The summed E-state index contributed by atoms with van der Waals surface area (Å²) in [6.07, 6.45) is 54.7. The maximum atomic E-state index is 12.8. The lowest BCUT2D eigenvalue weighted by Crippen LogP contribution is -2.30. The number of hydrogen-bond donors (Lipinski definition) is 0. The van der Waals surface area contributed by atoms with E-state index in [1.165, 1.54) is 193 Å². The molecule has 0 fully saturated rings. The number of hydrogen-bond acceptors (Lipinski definition) is 6. The van der Waals surface area contributed by atoms with E-state index < -0.39 is 6.10 Å². The molecule has 0 N–H and O–H groups in total. The Balaban J connectivity index is 4.33. The van der Waals surface area contributed by atoms with Gasteiger partial charge >= 0.3 is 17.9 Å². The molecule has 0 saturated heterocycles. The number of rotatable bonds is 49. The summed E-state index contributed by atoms with van der Waals surface area (Å²) < 4.78 is 16.8. The zero-order valence-corrected chi connectivity index (χ0v) is 40.5. The van der Waals surface area contributed by atoms with Crippen molar-refractivity contribution in [3.63, 3.8) is 0 Å². The van der Waals surface area contributed by atoms with Crippen LogP contribution in [0.4, 0.5) is 0 Å². The molecule has 0 aliphatic carbocycles. The van der Waals surface area contributed by atoms with Crippen molar-refractivity contribution in [2.24, 2.45) is 0 Å². The normalized spacial score (nSPS) is 12.0. The second-order valence-corrected chi connectivity index (χ2v) is 18.2. The monoisotopic (exact) mass is 847 g/mol. The SMILES string of the molecule is CCCCCCC/C=C/CCCCCCCC(=O)OC[C@@H](COC(=O)CCCCCCCCCCCCCCCC)OC(=O)CCCCCCCCCCCCCCCC. The second-order valence-electron chi connectivity index (χ2n) is 18.2. The van der Waals surface area contributed by atoms with Gasteiger partial charge in [0.1, 0.15) is 13.2 Å².